The molecule has 49 heavy (non-hydrogen) atoms. The molecule has 232 valence electrons. The third kappa shape index (κ3) is 5.62. The molecule has 0 aliphatic carbocycles. The molecule has 0 saturated heterocycles. The van der Waals surface area contributed by atoms with E-state index in [0.717, 1.165) is 22.3 Å². The van der Waals surface area contributed by atoms with Gasteiger partial charge in [0, 0.05) is 37.2 Å². The number of allylic oxidation sites excluding steroid dienone is 1. The maximum Gasteiger partial charge on any atom is 0.0273 e. The minimum absolute atomic E-state index is 1.14. The molecular weight excluding hydrogens is 595 g/mol. The third-order valence-electron chi connectivity index (χ3n) is 9.15. The van der Waals surface area contributed by atoms with Crippen molar-refractivity contribution in [2.45, 2.75) is 6.92 Å². The summed E-state index contributed by atoms with van der Waals surface area (Å²) in [5.41, 5.74) is 11.8. The first-order valence-electron chi connectivity index (χ1n) is 16.5. The molecule has 6 aromatic carbocycles. The van der Waals surface area contributed by atoms with Crippen molar-refractivity contribution in [1.82, 2.24) is 15.0 Å². The molecule has 0 fully saturated rings. The number of hydrogen-bond acceptors (Lipinski definition) is 3. The molecule has 0 unspecified atom stereocenters. The second kappa shape index (κ2) is 13.0. The van der Waals surface area contributed by atoms with Crippen LogP contribution in [-0.4, -0.2) is 15.0 Å². The average molecular weight is 628 g/mol. The lowest BCUT2D eigenvalue weighted by Crippen LogP contribution is -1.91. The van der Waals surface area contributed by atoms with Crippen LogP contribution in [-0.2, 0) is 0 Å². The van der Waals surface area contributed by atoms with Crippen LogP contribution in [0.25, 0.3) is 88.0 Å². The van der Waals surface area contributed by atoms with Gasteiger partial charge in [0.2, 0.25) is 0 Å². The molecule has 0 saturated carbocycles. The van der Waals surface area contributed by atoms with E-state index in [1.807, 2.05) is 44.1 Å². The summed E-state index contributed by atoms with van der Waals surface area (Å²) in [4.78, 5) is 12.7. The molecule has 0 aliphatic heterocycles. The smallest absolute Gasteiger partial charge is 0.0273 e. The summed E-state index contributed by atoms with van der Waals surface area (Å²) in [6, 6.07) is 46.4. The molecule has 0 bridgehead atoms. The van der Waals surface area contributed by atoms with Gasteiger partial charge in [0.05, 0.1) is 0 Å². The molecule has 0 spiro atoms. The van der Waals surface area contributed by atoms with Gasteiger partial charge < -0.3 is 0 Å². The fourth-order valence-electron chi connectivity index (χ4n) is 6.90. The van der Waals surface area contributed by atoms with Gasteiger partial charge in [-0.3, -0.25) is 15.0 Å². The first-order valence-corrected chi connectivity index (χ1v) is 16.5. The first kappa shape index (κ1) is 29.9. The van der Waals surface area contributed by atoms with Crippen molar-refractivity contribution < 1.29 is 0 Å². The van der Waals surface area contributed by atoms with Gasteiger partial charge in [-0.1, -0.05) is 78.9 Å². The number of hydrogen-bond donors (Lipinski definition) is 0. The quantitative estimate of drug-likeness (QED) is 0.141. The summed E-state index contributed by atoms with van der Waals surface area (Å²) in [5.74, 6) is 0. The summed E-state index contributed by atoms with van der Waals surface area (Å²) < 4.78 is 0. The Morgan fingerprint density at radius 3 is 1.14 bits per heavy atom. The lowest BCUT2D eigenvalue weighted by molar-refractivity contribution is 1.33. The maximum atomic E-state index is 4.26. The van der Waals surface area contributed by atoms with Crippen molar-refractivity contribution in [2.75, 3.05) is 0 Å². The van der Waals surface area contributed by atoms with Crippen molar-refractivity contribution in [3.8, 4) is 55.6 Å². The van der Waals surface area contributed by atoms with Gasteiger partial charge in [-0.15, -0.1) is 6.58 Å². The van der Waals surface area contributed by atoms with Crippen LogP contribution in [0.3, 0.4) is 0 Å². The minimum Gasteiger partial charge on any atom is -0.265 e. The van der Waals surface area contributed by atoms with Crippen LogP contribution in [0.2, 0.25) is 0 Å². The summed E-state index contributed by atoms with van der Waals surface area (Å²) in [6.45, 7) is 5.25. The lowest BCUT2D eigenvalue weighted by Gasteiger charge is -2.18. The molecular formula is C46H33N3. The zero-order valence-corrected chi connectivity index (χ0v) is 27.2. The standard InChI is InChI=1S/C43H27N3.C3H6/c1-3-32(4-2-28(1)29-13-19-44-20-14-29)38-9-7-33-5-6-34-8-10-39(41-12-11-40(38)42(33)43(34)41)37-26-35(30-15-21-45-22-16-30)25-36(27-37)31-17-23-46-24-18-31;1-3-2/h1-27H;3H,1H2,2H3. The number of pyridine rings is 3. The highest BCUT2D eigenvalue weighted by molar-refractivity contribution is 6.27. The molecule has 3 aromatic heterocycles. The molecule has 0 amide bonds. The van der Waals surface area contributed by atoms with E-state index < -0.39 is 0 Å². The Bertz CT molecular complexity index is 2480. The second-order valence-electron chi connectivity index (χ2n) is 12.1. The van der Waals surface area contributed by atoms with Gasteiger partial charge >= 0.3 is 0 Å². The second-order valence-corrected chi connectivity index (χ2v) is 12.1. The van der Waals surface area contributed by atoms with E-state index in [1.165, 1.54) is 65.7 Å². The highest BCUT2D eigenvalue weighted by Crippen LogP contribution is 2.43. The van der Waals surface area contributed by atoms with Gasteiger partial charge in [-0.25, -0.2) is 0 Å². The fourth-order valence-corrected chi connectivity index (χ4v) is 6.90. The van der Waals surface area contributed by atoms with Gasteiger partial charge in [-0.2, -0.15) is 0 Å². The van der Waals surface area contributed by atoms with Crippen LogP contribution >= 0.6 is 0 Å². The zero-order valence-electron chi connectivity index (χ0n) is 27.2. The van der Waals surface area contributed by atoms with Gasteiger partial charge in [0.25, 0.3) is 0 Å². The Labute approximate surface area is 286 Å². The Morgan fingerprint density at radius 2 is 0.694 bits per heavy atom. The molecule has 9 aromatic rings. The van der Waals surface area contributed by atoms with Crippen molar-refractivity contribution in [1.29, 1.82) is 0 Å². The SMILES string of the molecule is C=CC.c1cc(-c2ccc(-c3ccc4ccc5ccc(-c6cc(-c7ccncc7)cc(-c7ccncc7)c6)c6ccc3c4c56)cc2)ccn1. The average Bonchev–Trinajstić information content (AvgIpc) is 3.18. The van der Waals surface area contributed by atoms with E-state index in [9.17, 15) is 0 Å². The van der Waals surface area contributed by atoms with Crippen LogP contribution in [0.4, 0.5) is 0 Å². The largest absolute Gasteiger partial charge is 0.265 e. The van der Waals surface area contributed by atoms with E-state index >= 15 is 0 Å². The van der Waals surface area contributed by atoms with Crippen LogP contribution in [0.1, 0.15) is 6.92 Å². The lowest BCUT2D eigenvalue weighted by atomic mass is 9.86. The predicted molar refractivity (Wildman–Crippen MR) is 207 cm³/mol. The third-order valence-corrected chi connectivity index (χ3v) is 9.15. The monoisotopic (exact) mass is 627 g/mol. The number of aromatic nitrogens is 3. The molecule has 0 N–H and O–H groups in total. The van der Waals surface area contributed by atoms with Crippen molar-refractivity contribution in [2.24, 2.45) is 0 Å². The fraction of sp³-hybridized carbons (Fsp3) is 0.0217. The normalized spacial score (nSPS) is 11.0. The highest BCUT2D eigenvalue weighted by Gasteiger charge is 2.16. The number of nitrogens with zero attached hydrogens (tertiary/aromatic N) is 3. The van der Waals surface area contributed by atoms with Crippen LogP contribution < -0.4 is 0 Å². The summed E-state index contributed by atoms with van der Waals surface area (Å²) in [5, 5.41) is 7.66. The van der Waals surface area contributed by atoms with E-state index in [4.69, 9.17) is 0 Å². The molecule has 0 radical (unpaired) electrons. The molecule has 3 heterocycles. The molecule has 0 aliphatic rings. The number of rotatable bonds is 5. The van der Waals surface area contributed by atoms with Crippen molar-refractivity contribution in [3.05, 3.63) is 177 Å². The summed E-state index contributed by atoms with van der Waals surface area (Å²) in [6.07, 6.45) is 12.9. The molecule has 3 heteroatoms. The summed E-state index contributed by atoms with van der Waals surface area (Å²) in [7, 11) is 0. The van der Waals surface area contributed by atoms with Gasteiger partial charge in [-0.05, 0) is 149 Å². The van der Waals surface area contributed by atoms with Crippen molar-refractivity contribution >= 4 is 32.3 Å². The Kier molecular flexibility index (Phi) is 7.93. The Hall–Kier alpha value is -6.45. The van der Waals surface area contributed by atoms with E-state index in [-0.39, 0.29) is 0 Å². The van der Waals surface area contributed by atoms with E-state index in [2.05, 4.69) is 149 Å². The Balaban J connectivity index is 0.00000112. The molecule has 0 atom stereocenters. The van der Waals surface area contributed by atoms with Gasteiger partial charge in [0.15, 0.2) is 0 Å². The molecule has 3 nitrogen and oxygen atoms in total. The van der Waals surface area contributed by atoms with Crippen LogP contribution in [0.15, 0.2) is 177 Å². The van der Waals surface area contributed by atoms with Crippen LogP contribution in [0, 0.1) is 0 Å². The topological polar surface area (TPSA) is 38.7 Å². The first-order chi connectivity index (χ1) is 24.2. The number of benzene rings is 6. The van der Waals surface area contributed by atoms with Crippen molar-refractivity contribution in [3.63, 3.8) is 0 Å². The minimum atomic E-state index is 1.14. The van der Waals surface area contributed by atoms with E-state index in [1.54, 1.807) is 6.08 Å². The van der Waals surface area contributed by atoms with Gasteiger partial charge in [0.1, 0.15) is 0 Å². The highest BCUT2D eigenvalue weighted by atomic mass is 14.6. The van der Waals surface area contributed by atoms with Crippen LogP contribution in [0.5, 0.6) is 0 Å². The Morgan fingerprint density at radius 1 is 0.367 bits per heavy atom. The maximum absolute atomic E-state index is 4.26. The zero-order chi connectivity index (χ0) is 33.2. The summed E-state index contributed by atoms with van der Waals surface area (Å²) >= 11 is 0. The predicted octanol–water partition coefficient (Wildman–Crippen LogP) is 12.3. The molecule has 9 rings (SSSR count). The van der Waals surface area contributed by atoms with E-state index in [0.29, 0.717) is 0 Å².